The summed E-state index contributed by atoms with van der Waals surface area (Å²) in [6, 6.07) is 12.5. The first kappa shape index (κ1) is 20.3. The van der Waals surface area contributed by atoms with Gasteiger partial charge in [0, 0.05) is 31.2 Å². The maximum absolute atomic E-state index is 14.3. The van der Waals surface area contributed by atoms with Crippen LogP contribution in [0.15, 0.2) is 48.5 Å². The summed E-state index contributed by atoms with van der Waals surface area (Å²) in [4.78, 5) is 37.0. The molecule has 2 aromatic rings. The average Bonchev–Trinajstić information content (AvgIpc) is 3.13. The fraction of sp³-hybridized carbons (Fsp3) is 0.286. The molecular weight excluding hydrogens is 377 g/mol. The molecular formula is C21H22FN3O4. The van der Waals surface area contributed by atoms with Crippen LogP contribution in [0.3, 0.4) is 0 Å². The van der Waals surface area contributed by atoms with Crippen LogP contribution in [-0.2, 0) is 11.2 Å². The minimum absolute atomic E-state index is 0.117. The lowest BCUT2D eigenvalue weighted by molar-refractivity contribution is -0.137. The molecule has 0 spiro atoms. The molecule has 1 aliphatic heterocycles. The molecule has 3 rings (SSSR count). The van der Waals surface area contributed by atoms with Gasteiger partial charge in [0.15, 0.2) is 0 Å². The molecule has 152 valence electrons. The van der Waals surface area contributed by atoms with Crippen LogP contribution in [0.25, 0.3) is 0 Å². The van der Waals surface area contributed by atoms with Crippen LogP contribution in [0.2, 0.25) is 0 Å². The molecule has 0 saturated carbocycles. The lowest BCUT2D eigenvalue weighted by Gasteiger charge is -2.20. The van der Waals surface area contributed by atoms with Gasteiger partial charge in [-0.05, 0) is 36.6 Å². The molecule has 1 atom stereocenters. The van der Waals surface area contributed by atoms with Gasteiger partial charge in [0.05, 0.1) is 5.56 Å². The molecule has 1 aliphatic rings. The summed E-state index contributed by atoms with van der Waals surface area (Å²) >= 11 is 0. The fourth-order valence-corrected chi connectivity index (χ4v) is 3.26. The standard InChI is InChI=1S/C21H22FN3O4/c22-18-8-7-16(25-11-10-23-21(25)29)13-17(18)20(28)24-15(6-9-19(26)27)12-14-4-2-1-3-5-14/h1-5,7-8,13,15H,6,9-12H2,(H,23,29)(H,24,28)(H,26,27). The molecule has 3 amide bonds. The van der Waals surface area contributed by atoms with E-state index in [1.165, 1.54) is 17.0 Å². The molecule has 7 nitrogen and oxygen atoms in total. The summed E-state index contributed by atoms with van der Waals surface area (Å²) < 4.78 is 14.3. The third kappa shape index (κ3) is 5.31. The number of halogens is 1. The van der Waals surface area contributed by atoms with Crippen molar-refractivity contribution >= 4 is 23.6 Å². The van der Waals surface area contributed by atoms with Crippen molar-refractivity contribution in [3.05, 3.63) is 65.5 Å². The molecule has 29 heavy (non-hydrogen) atoms. The summed E-state index contributed by atoms with van der Waals surface area (Å²) in [6.07, 6.45) is 0.524. The Bertz CT molecular complexity index is 904. The highest BCUT2D eigenvalue weighted by molar-refractivity contribution is 5.98. The van der Waals surface area contributed by atoms with Crippen LogP contribution in [0, 0.1) is 5.82 Å². The lowest BCUT2D eigenvalue weighted by atomic mass is 10.0. The molecule has 0 aromatic heterocycles. The van der Waals surface area contributed by atoms with E-state index in [0.29, 0.717) is 25.2 Å². The molecule has 2 aromatic carbocycles. The van der Waals surface area contributed by atoms with Gasteiger partial charge in [0.1, 0.15) is 5.82 Å². The number of carbonyl (C=O) groups excluding carboxylic acids is 2. The molecule has 0 bridgehead atoms. The molecule has 1 fully saturated rings. The average molecular weight is 399 g/mol. The van der Waals surface area contributed by atoms with Crippen molar-refractivity contribution < 1.29 is 23.9 Å². The van der Waals surface area contributed by atoms with Crippen molar-refractivity contribution in [2.45, 2.75) is 25.3 Å². The molecule has 3 N–H and O–H groups in total. The molecule has 1 heterocycles. The molecule has 1 saturated heterocycles. The second-order valence-electron chi connectivity index (χ2n) is 6.84. The summed E-state index contributed by atoms with van der Waals surface area (Å²) in [5.74, 6) is -2.32. The third-order valence-electron chi connectivity index (χ3n) is 4.73. The van der Waals surface area contributed by atoms with Crippen LogP contribution in [0.5, 0.6) is 0 Å². The van der Waals surface area contributed by atoms with E-state index in [-0.39, 0.29) is 24.4 Å². The largest absolute Gasteiger partial charge is 0.481 e. The maximum Gasteiger partial charge on any atom is 0.321 e. The van der Waals surface area contributed by atoms with Crippen molar-refractivity contribution in [3.63, 3.8) is 0 Å². The SMILES string of the molecule is O=C(O)CCC(Cc1ccccc1)NC(=O)c1cc(N2CCNC2=O)ccc1F. The first-order chi connectivity index (χ1) is 13.9. The summed E-state index contributed by atoms with van der Waals surface area (Å²) in [5.41, 5.74) is 1.18. The molecule has 8 heteroatoms. The van der Waals surface area contributed by atoms with Gasteiger partial charge in [-0.15, -0.1) is 0 Å². The van der Waals surface area contributed by atoms with Crippen molar-refractivity contribution in [2.75, 3.05) is 18.0 Å². The van der Waals surface area contributed by atoms with Gasteiger partial charge >= 0.3 is 12.0 Å². The minimum atomic E-state index is -0.967. The number of nitrogens with one attached hydrogen (secondary N) is 2. The Balaban J connectivity index is 1.77. The first-order valence-corrected chi connectivity index (χ1v) is 9.35. The topological polar surface area (TPSA) is 98.7 Å². The number of hydrogen-bond donors (Lipinski definition) is 3. The van der Waals surface area contributed by atoms with Crippen molar-refractivity contribution in [1.29, 1.82) is 0 Å². The van der Waals surface area contributed by atoms with E-state index >= 15 is 0 Å². The van der Waals surface area contributed by atoms with Crippen LogP contribution in [-0.4, -0.2) is 42.1 Å². The van der Waals surface area contributed by atoms with Gasteiger partial charge in [0.25, 0.3) is 5.91 Å². The number of benzene rings is 2. The second kappa shape index (κ2) is 9.18. The molecule has 1 unspecified atom stereocenters. The highest BCUT2D eigenvalue weighted by Crippen LogP contribution is 2.21. The minimum Gasteiger partial charge on any atom is -0.481 e. The van der Waals surface area contributed by atoms with E-state index in [1.807, 2.05) is 30.3 Å². The zero-order valence-corrected chi connectivity index (χ0v) is 15.7. The van der Waals surface area contributed by atoms with Gasteiger partial charge in [-0.3, -0.25) is 14.5 Å². The Labute approximate surface area is 167 Å². The van der Waals surface area contributed by atoms with Gasteiger partial charge in [-0.2, -0.15) is 0 Å². The van der Waals surface area contributed by atoms with Crippen molar-refractivity contribution in [2.24, 2.45) is 0 Å². The molecule has 0 radical (unpaired) electrons. The Morgan fingerprint density at radius 1 is 1.21 bits per heavy atom. The summed E-state index contributed by atoms with van der Waals surface area (Å²) in [6.45, 7) is 0.910. The number of amides is 3. The van der Waals surface area contributed by atoms with E-state index in [1.54, 1.807) is 0 Å². The van der Waals surface area contributed by atoms with Gasteiger partial charge < -0.3 is 15.7 Å². The number of anilines is 1. The van der Waals surface area contributed by atoms with Gasteiger partial charge in [0.2, 0.25) is 0 Å². The predicted molar refractivity (Wildman–Crippen MR) is 105 cm³/mol. The number of urea groups is 1. The number of rotatable bonds is 8. The number of carbonyl (C=O) groups is 3. The number of hydrogen-bond acceptors (Lipinski definition) is 3. The van der Waals surface area contributed by atoms with Crippen LogP contribution in [0.1, 0.15) is 28.8 Å². The second-order valence-corrected chi connectivity index (χ2v) is 6.84. The Morgan fingerprint density at radius 3 is 2.62 bits per heavy atom. The Morgan fingerprint density at radius 2 is 1.97 bits per heavy atom. The smallest absolute Gasteiger partial charge is 0.321 e. The van der Waals surface area contributed by atoms with E-state index < -0.39 is 23.7 Å². The summed E-state index contributed by atoms with van der Waals surface area (Å²) in [5, 5.41) is 14.4. The fourth-order valence-electron chi connectivity index (χ4n) is 3.26. The number of nitrogens with zero attached hydrogens (tertiary/aromatic N) is 1. The van der Waals surface area contributed by atoms with Crippen molar-refractivity contribution in [1.82, 2.24) is 10.6 Å². The molecule has 0 aliphatic carbocycles. The van der Waals surface area contributed by atoms with E-state index in [9.17, 15) is 18.8 Å². The Kier molecular flexibility index (Phi) is 6.43. The zero-order valence-electron chi connectivity index (χ0n) is 15.7. The number of carboxylic acid groups (broad SMARTS) is 1. The van der Waals surface area contributed by atoms with Crippen LogP contribution < -0.4 is 15.5 Å². The lowest BCUT2D eigenvalue weighted by Crippen LogP contribution is -2.37. The summed E-state index contributed by atoms with van der Waals surface area (Å²) in [7, 11) is 0. The number of aliphatic carboxylic acids is 1. The normalized spacial score (nSPS) is 14.4. The van der Waals surface area contributed by atoms with Gasteiger partial charge in [-0.1, -0.05) is 30.3 Å². The van der Waals surface area contributed by atoms with E-state index in [2.05, 4.69) is 10.6 Å². The first-order valence-electron chi connectivity index (χ1n) is 9.35. The van der Waals surface area contributed by atoms with Crippen LogP contribution >= 0.6 is 0 Å². The number of carboxylic acids is 1. The zero-order chi connectivity index (χ0) is 20.8. The van der Waals surface area contributed by atoms with Gasteiger partial charge in [-0.25, -0.2) is 9.18 Å². The predicted octanol–water partition coefficient (Wildman–Crippen LogP) is 2.56. The third-order valence-corrected chi connectivity index (χ3v) is 4.73. The quantitative estimate of drug-likeness (QED) is 0.635. The highest BCUT2D eigenvalue weighted by Gasteiger charge is 2.24. The van der Waals surface area contributed by atoms with E-state index in [4.69, 9.17) is 5.11 Å². The Hall–Kier alpha value is -3.42. The van der Waals surface area contributed by atoms with Crippen LogP contribution in [0.4, 0.5) is 14.9 Å². The monoisotopic (exact) mass is 399 g/mol. The van der Waals surface area contributed by atoms with E-state index in [0.717, 1.165) is 11.6 Å². The maximum atomic E-state index is 14.3. The van der Waals surface area contributed by atoms with Crippen molar-refractivity contribution in [3.8, 4) is 0 Å². The highest BCUT2D eigenvalue weighted by atomic mass is 19.1.